The number of hydrogen-bond acceptors (Lipinski definition) is 5. The number of thiazole rings is 1. The van der Waals surface area contributed by atoms with Gasteiger partial charge in [-0.25, -0.2) is 4.39 Å². The largest absolute Gasteiger partial charge is 0.374 e. The van der Waals surface area contributed by atoms with E-state index in [1.807, 2.05) is 0 Å². The highest BCUT2D eigenvalue weighted by Crippen LogP contribution is 2.25. The van der Waals surface area contributed by atoms with Gasteiger partial charge in [0.25, 0.3) is 5.69 Å². The Balaban J connectivity index is 2.18. The van der Waals surface area contributed by atoms with Crippen LogP contribution in [0.4, 0.5) is 15.8 Å². The Hall–Kier alpha value is -2.22. The second-order valence-corrected chi connectivity index (χ2v) is 4.29. The zero-order chi connectivity index (χ0) is 13.1. The molecular formula is C10H8FN3O3S. The fourth-order valence-electron chi connectivity index (χ4n) is 1.40. The predicted molar refractivity (Wildman–Crippen MR) is 65.3 cm³/mol. The Morgan fingerprint density at radius 1 is 1.50 bits per heavy atom. The van der Waals surface area contributed by atoms with Gasteiger partial charge in [0, 0.05) is 11.1 Å². The number of nitrogens with zero attached hydrogens (tertiary/aromatic N) is 1. The van der Waals surface area contributed by atoms with E-state index >= 15 is 0 Å². The first-order valence-electron chi connectivity index (χ1n) is 4.91. The van der Waals surface area contributed by atoms with E-state index < -0.39 is 10.7 Å². The molecule has 0 fully saturated rings. The van der Waals surface area contributed by atoms with Gasteiger partial charge in [-0.3, -0.25) is 14.9 Å². The Morgan fingerprint density at radius 2 is 2.28 bits per heavy atom. The fourth-order valence-corrected chi connectivity index (χ4v) is 1.98. The summed E-state index contributed by atoms with van der Waals surface area (Å²) < 4.78 is 12.9. The maximum atomic E-state index is 12.9. The smallest absolute Gasteiger partial charge is 0.304 e. The number of anilines is 1. The summed E-state index contributed by atoms with van der Waals surface area (Å²) in [6.45, 7) is 0.227. The number of hydrogen-bond donors (Lipinski definition) is 2. The van der Waals surface area contributed by atoms with Gasteiger partial charge in [-0.15, -0.1) is 0 Å². The van der Waals surface area contributed by atoms with Crippen LogP contribution in [0, 0.1) is 15.9 Å². The van der Waals surface area contributed by atoms with Gasteiger partial charge in [0.2, 0.25) is 0 Å². The van der Waals surface area contributed by atoms with Crippen molar-refractivity contribution in [2.24, 2.45) is 0 Å². The van der Waals surface area contributed by atoms with E-state index in [4.69, 9.17) is 0 Å². The van der Waals surface area contributed by atoms with Crippen molar-refractivity contribution in [3.05, 3.63) is 54.9 Å². The number of aromatic nitrogens is 1. The number of rotatable bonds is 4. The molecule has 0 unspecified atom stereocenters. The van der Waals surface area contributed by atoms with Crippen LogP contribution in [0.15, 0.2) is 28.4 Å². The van der Waals surface area contributed by atoms with Crippen LogP contribution in [-0.4, -0.2) is 9.91 Å². The van der Waals surface area contributed by atoms with Crippen LogP contribution in [0.3, 0.4) is 0 Å². The van der Waals surface area contributed by atoms with E-state index in [2.05, 4.69) is 10.3 Å². The summed E-state index contributed by atoms with van der Waals surface area (Å²) >= 11 is 1.01. The SMILES string of the molecule is O=c1[nH]c(CNc2ccc(F)cc2[N+](=O)[O-])cs1. The summed E-state index contributed by atoms with van der Waals surface area (Å²) in [5.74, 6) is -0.670. The minimum Gasteiger partial charge on any atom is -0.374 e. The summed E-state index contributed by atoms with van der Waals surface area (Å²) in [5.41, 5.74) is 0.477. The van der Waals surface area contributed by atoms with Crippen LogP contribution < -0.4 is 10.2 Å². The van der Waals surface area contributed by atoms with Crippen LogP contribution in [-0.2, 0) is 6.54 Å². The molecule has 94 valence electrons. The number of nitro benzene ring substituents is 1. The van der Waals surface area contributed by atoms with Crippen LogP contribution >= 0.6 is 11.3 Å². The van der Waals surface area contributed by atoms with Gasteiger partial charge >= 0.3 is 4.87 Å². The third kappa shape index (κ3) is 2.72. The molecule has 0 radical (unpaired) electrons. The molecule has 1 aromatic heterocycles. The van der Waals surface area contributed by atoms with Crippen LogP contribution in [0.5, 0.6) is 0 Å². The van der Waals surface area contributed by atoms with Crippen LogP contribution in [0.25, 0.3) is 0 Å². The van der Waals surface area contributed by atoms with E-state index in [0.29, 0.717) is 5.69 Å². The second-order valence-electron chi connectivity index (χ2n) is 3.45. The van der Waals surface area contributed by atoms with Crippen molar-refractivity contribution >= 4 is 22.7 Å². The van der Waals surface area contributed by atoms with Gasteiger partial charge in [-0.2, -0.15) is 0 Å². The first-order chi connectivity index (χ1) is 8.56. The number of halogens is 1. The molecule has 2 aromatic rings. The molecule has 0 aliphatic rings. The molecule has 0 atom stereocenters. The Morgan fingerprint density at radius 3 is 2.89 bits per heavy atom. The summed E-state index contributed by atoms with van der Waals surface area (Å²) in [7, 11) is 0. The highest BCUT2D eigenvalue weighted by atomic mass is 32.1. The quantitative estimate of drug-likeness (QED) is 0.657. The zero-order valence-electron chi connectivity index (χ0n) is 8.97. The summed E-state index contributed by atoms with van der Waals surface area (Å²) in [6.07, 6.45) is 0. The molecule has 0 aliphatic heterocycles. The topological polar surface area (TPSA) is 88.0 Å². The average Bonchev–Trinajstić information content (AvgIpc) is 2.73. The van der Waals surface area contributed by atoms with Gasteiger partial charge in [0.15, 0.2) is 0 Å². The van der Waals surface area contributed by atoms with E-state index in [1.54, 1.807) is 5.38 Å². The lowest BCUT2D eigenvalue weighted by Crippen LogP contribution is -2.05. The van der Waals surface area contributed by atoms with Crippen molar-refractivity contribution in [3.8, 4) is 0 Å². The van der Waals surface area contributed by atoms with Gasteiger partial charge in [0.05, 0.1) is 17.5 Å². The van der Waals surface area contributed by atoms with Gasteiger partial charge in [0.1, 0.15) is 11.5 Å². The third-order valence-corrected chi connectivity index (χ3v) is 2.92. The standard InChI is InChI=1S/C10H8FN3O3S/c11-6-1-2-8(9(3-6)14(16)17)12-4-7-5-18-10(15)13-7/h1-3,5,12H,4H2,(H,13,15). The summed E-state index contributed by atoms with van der Waals surface area (Å²) in [6, 6.07) is 3.27. The van der Waals surface area contributed by atoms with Crippen LogP contribution in [0.1, 0.15) is 5.69 Å². The van der Waals surface area contributed by atoms with E-state index in [-0.39, 0.29) is 22.8 Å². The summed E-state index contributed by atoms with van der Waals surface area (Å²) in [4.78, 5) is 23.3. The zero-order valence-corrected chi connectivity index (χ0v) is 9.79. The lowest BCUT2D eigenvalue weighted by atomic mass is 10.2. The highest BCUT2D eigenvalue weighted by molar-refractivity contribution is 7.07. The Labute approximate surface area is 104 Å². The number of nitrogens with one attached hydrogen (secondary N) is 2. The predicted octanol–water partition coefficient (Wildman–Crippen LogP) is 2.10. The number of benzene rings is 1. The Kier molecular flexibility index (Phi) is 3.38. The second kappa shape index (κ2) is 4.96. The minimum atomic E-state index is -0.670. The third-order valence-electron chi connectivity index (χ3n) is 2.20. The van der Waals surface area contributed by atoms with Gasteiger partial charge in [-0.05, 0) is 12.1 Å². The monoisotopic (exact) mass is 269 g/mol. The molecule has 0 aliphatic carbocycles. The molecule has 0 saturated carbocycles. The maximum Gasteiger partial charge on any atom is 0.304 e. The van der Waals surface area contributed by atoms with Crippen LogP contribution in [0.2, 0.25) is 0 Å². The molecule has 0 amide bonds. The highest BCUT2D eigenvalue weighted by Gasteiger charge is 2.14. The molecule has 0 bridgehead atoms. The lowest BCUT2D eigenvalue weighted by Gasteiger charge is -2.05. The number of aromatic amines is 1. The van der Waals surface area contributed by atoms with Gasteiger partial charge < -0.3 is 10.3 Å². The first kappa shape index (κ1) is 12.2. The molecule has 0 saturated heterocycles. The fraction of sp³-hybridized carbons (Fsp3) is 0.100. The Bertz CT molecular complexity index is 637. The van der Waals surface area contributed by atoms with E-state index in [0.717, 1.165) is 23.5 Å². The number of H-pyrrole nitrogens is 1. The molecular weight excluding hydrogens is 261 g/mol. The molecule has 2 N–H and O–H groups in total. The lowest BCUT2D eigenvalue weighted by molar-refractivity contribution is -0.384. The van der Waals surface area contributed by atoms with Crippen molar-refractivity contribution in [1.82, 2.24) is 4.98 Å². The maximum absolute atomic E-state index is 12.9. The molecule has 8 heteroatoms. The van der Waals surface area contributed by atoms with E-state index in [9.17, 15) is 19.3 Å². The van der Waals surface area contributed by atoms with Crippen molar-refractivity contribution < 1.29 is 9.31 Å². The first-order valence-corrected chi connectivity index (χ1v) is 5.79. The average molecular weight is 269 g/mol. The van der Waals surface area contributed by atoms with Crippen molar-refractivity contribution in [2.45, 2.75) is 6.54 Å². The molecule has 0 spiro atoms. The summed E-state index contributed by atoms with van der Waals surface area (Å²) in [5, 5.41) is 15.1. The van der Waals surface area contributed by atoms with Crippen molar-refractivity contribution in [1.29, 1.82) is 0 Å². The molecule has 6 nitrogen and oxygen atoms in total. The van der Waals surface area contributed by atoms with Gasteiger partial charge in [-0.1, -0.05) is 11.3 Å². The molecule has 1 heterocycles. The molecule has 1 aromatic carbocycles. The van der Waals surface area contributed by atoms with Crippen molar-refractivity contribution in [2.75, 3.05) is 5.32 Å². The molecule has 18 heavy (non-hydrogen) atoms. The normalized spacial score (nSPS) is 10.3. The molecule has 2 rings (SSSR count). The van der Waals surface area contributed by atoms with Crippen molar-refractivity contribution in [3.63, 3.8) is 0 Å². The van der Waals surface area contributed by atoms with E-state index in [1.165, 1.54) is 6.07 Å². The minimum absolute atomic E-state index is 0.194. The number of nitro groups is 1.